The van der Waals surface area contributed by atoms with Crippen LogP contribution in [0.1, 0.15) is 55.4 Å². The Hall–Kier alpha value is -0.860. The Morgan fingerprint density at radius 3 is 1.77 bits per heavy atom. The minimum atomic E-state index is -0.222. The Bertz CT molecular complexity index is 701. The van der Waals surface area contributed by atoms with Gasteiger partial charge in [-0.2, -0.15) is 25.3 Å². The maximum atomic E-state index is 5.36. The van der Waals surface area contributed by atoms with E-state index >= 15 is 0 Å². The minimum Gasteiger partial charge on any atom is -0.163 e. The molecule has 2 bridgehead atoms. The summed E-state index contributed by atoms with van der Waals surface area (Å²) in [5.41, 5.74) is 5.53. The first-order chi connectivity index (χ1) is 10.5. The summed E-state index contributed by atoms with van der Waals surface area (Å²) in [6.45, 7) is 4.67. The Kier molecular flexibility index (Phi) is 3.06. The summed E-state index contributed by atoms with van der Waals surface area (Å²) in [6.07, 6.45) is 3.39. The molecular weight excluding hydrogens is 304 g/mol. The smallest absolute Gasteiger partial charge is 0.0687 e. The molecule has 0 aromatic heterocycles. The van der Waals surface area contributed by atoms with Gasteiger partial charge in [-0.1, -0.05) is 68.8 Å². The molecule has 1 atom stereocenters. The van der Waals surface area contributed by atoms with Crippen LogP contribution in [-0.4, -0.2) is 0 Å². The van der Waals surface area contributed by atoms with Gasteiger partial charge in [0.15, 0.2) is 0 Å². The quantitative estimate of drug-likeness (QED) is 0.664. The average molecular weight is 327 g/mol. The van der Waals surface area contributed by atoms with Gasteiger partial charge >= 0.3 is 0 Å². The van der Waals surface area contributed by atoms with Crippen molar-refractivity contribution in [1.82, 2.24) is 0 Å². The molecule has 22 heavy (non-hydrogen) atoms. The molecule has 0 saturated heterocycles. The van der Waals surface area contributed by atoms with Crippen molar-refractivity contribution in [3.63, 3.8) is 0 Å². The van der Waals surface area contributed by atoms with E-state index < -0.39 is 0 Å². The zero-order valence-electron chi connectivity index (χ0n) is 13.1. The normalized spacial score (nSPS) is 35.1. The highest BCUT2D eigenvalue weighted by Gasteiger charge is 2.62. The number of benzene rings is 2. The van der Waals surface area contributed by atoms with E-state index in [0.29, 0.717) is 0 Å². The molecule has 0 radical (unpaired) electrons. The second-order valence-corrected chi connectivity index (χ2v) is 8.58. The molecule has 0 nitrogen and oxygen atoms in total. The van der Waals surface area contributed by atoms with E-state index in [9.17, 15) is 0 Å². The van der Waals surface area contributed by atoms with Crippen molar-refractivity contribution in [3.05, 3.63) is 70.8 Å². The van der Waals surface area contributed by atoms with Gasteiger partial charge in [0.25, 0.3) is 0 Å². The molecule has 2 aromatic carbocycles. The monoisotopic (exact) mass is 326 g/mol. The molecule has 0 heterocycles. The summed E-state index contributed by atoms with van der Waals surface area (Å²) in [4.78, 5) is 0. The third-order valence-electron chi connectivity index (χ3n) is 5.85. The van der Waals surface area contributed by atoms with Crippen molar-refractivity contribution in [2.24, 2.45) is 5.41 Å². The Morgan fingerprint density at radius 1 is 0.864 bits per heavy atom. The van der Waals surface area contributed by atoms with Crippen molar-refractivity contribution >= 4 is 25.3 Å². The van der Waals surface area contributed by atoms with Crippen LogP contribution in [0, 0.1) is 5.41 Å². The zero-order chi connectivity index (χ0) is 15.6. The van der Waals surface area contributed by atoms with E-state index in [-0.39, 0.29) is 14.9 Å². The van der Waals surface area contributed by atoms with Crippen molar-refractivity contribution in [2.45, 2.75) is 42.6 Å². The lowest BCUT2D eigenvalue weighted by Crippen LogP contribution is -2.55. The molecule has 0 fully saturated rings. The first-order valence-electron chi connectivity index (χ1n) is 8.12. The first kappa shape index (κ1) is 14.7. The number of hydrogen-bond donors (Lipinski definition) is 2. The van der Waals surface area contributed by atoms with Crippen LogP contribution in [0.3, 0.4) is 0 Å². The molecule has 0 aliphatic heterocycles. The fourth-order valence-electron chi connectivity index (χ4n) is 4.96. The lowest BCUT2D eigenvalue weighted by Gasteiger charge is -2.61. The molecule has 114 valence electrons. The molecule has 2 aromatic rings. The van der Waals surface area contributed by atoms with Crippen molar-refractivity contribution in [2.75, 3.05) is 0 Å². The minimum absolute atomic E-state index is 0.120. The second-order valence-electron chi connectivity index (χ2n) is 7.15. The largest absolute Gasteiger partial charge is 0.163 e. The number of hydrogen-bond acceptors (Lipinski definition) is 2. The van der Waals surface area contributed by atoms with Gasteiger partial charge in [-0.05, 0) is 40.5 Å². The Labute approximate surface area is 144 Å². The summed E-state index contributed by atoms with van der Waals surface area (Å²) in [5.74, 6) is 0. The highest BCUT2D eigenvalue weighted by Crippen LogP contribution is 2.70. The fourth-order valence-corrected chi connectivity index (χ4v) is 6.28. The predicted molar refractivity (Wildman–Crippen MR) is 100 cm³/mol. The van der Waals surface area contributed by atoms with Crippen molar-refractivity contribution in [1.29, 1.82) is 0 Å². The van der Waals surface area contributed by atoms with Gasteiger partial charge in [0.1, 0.15) is 0 Å². The number of fused-ring (bicyclic) bond motifs is 1. The number of thiol groups is 2. The van der Waals surface area contributed by atoms with Gasteiger partial charge in [-0.25, -0.2) is 0 Å². The highest BCUT2D eigenvalue weighted by atomic mass is 32.1. The van der Waals surface area contributed by atoms with Crippen molar-refractivity contribution in [3.8, 4) is 0 Å². The van der Waals surface area contributed by atoms with Crippen LogP contribution in [0.15, 0.2) is 48.5 Å². The molecule has 0 amide bonds. The van der Waals surface area contributed by atoms with Gasteiger partial charge in [-0.15, -0.1) is 0 Å². The molecule has 0 spiro atoms. The van der Waals surface area contributed by atoms with E-state index in [4.69, 9.17) is 25.3 Å². The molecule has 3 aliphatic carbocycles. The standard InChI is InChI=1S/C20H22S2/c1-3-12-18(2)13-19(21)14-8-4-6-10-16(14)20(18,22)17-11-7-5-9-15(17)19/h4-11,21-22H,3,12-13H2,1-2H3/t18-,19?,20?/m0/s1. The SMILES string of the molecule is CCC[C@@]1(C)CC2(S)c3ccccc3C1(S)c1ccccc12. The van der Waals surface area contributed by atoms with Crippen molar-refractivity contribution < 1.29 is 0 Å². The Balaban J connectivity index is 2.12. The average Bonchev–Trinajstić information content (AvgIpc) is 2.52. The van der Waals surface area contributed by atoms with E-state index in [1.165, 1.54) is 35.1 Å². The molecule has 0 saturated carbocycles. The van der Waals surface area contributed by atoms with Crippen LogP contribution in [0.4, 0.5) is 0 Å². The number of rotatable bonds is 2. The van der Waals surface area contributed by atoms with E-state index in [2.05, 4.69) is 62.4 Å². The lowest BCUT2D eigenvalue weighted by molar-refractivity contribution is 0.158. The van der Waals surface area contributed by atoms with E-state index in [1.54, 1.807) is 0 Å². The molecule has 5 rings (SSSR count). The fraction of sp³-hybridized carbons (Fsp3) is 0.400. The maximum Gasteiger partial charge on any atom is 0.0687 e. The maximum absolute atomic E-state index is 5.36. The van der Waals surface area contributed by atoms with Crippen LogP contribution in [0.25, 0.3) is 0 Å². The van der Waals surface area contributed by atoms with Crippen LogP contribution in [0.2, 0.25) is 0 Å². The Morgan fingerprint density at radius 2 is 1.32 bits per heavy atom. The van der Waals surface area contributed by atoms with E-state index in [1.807, 2.05) is 0 Å². The first-order valence-corrected chi connectivity index (χ1v) is 9.01. The van der Waals surface area contributed by atoms with Gasteiger partial charge in [0, 0.05) is 0 Å². The van der Waals surface area contributed by atoms with E-state index in [0.717, 1.165) is 6.42 Å². The molecule has 0 unspecified atom stereocenters. The topological polar surface area (TPSA) is 0 Å². The highest BCUT2D eigenvalue weighted by molar-refractivity contribution is 7.82. The van der Waals surface area contributed by atoms with Crippen LogP contribution < -0.4 is 0 Å². The van der Waals surface area contributed by atoms with Gasteiger partial charge in [-0.3, -0.25) is 0 Å². The summed E-state index contributed by atoms with van der Waals surface area (Å²) < 4.78 is -0.414. The summed E-state index contributed by atoms with van der Waals surface area (Å²) >= 11 is 10.6. The van der Waals surface area contributed by atoms with Gasteiger partial charge in [0.2, 0.25) is 0 Å². The third-order valence-corrected chi connectivity index (χ3v) is 7.51. The summed E-state index contributed by atoms with van der Waals surface area (Å²) in [6, 6.07) is 17.6. The third kappa shape index (κ3) is 1.53. The molecule has 3 aliphatic rings. The lowest BCUT2D eigenvalue weighted by atomic mass is 9.50. The van der Waals surface area contributed by atoms with Crippen LogP contribution in [0.5, 0.6) is 0 Å². The van der Waals surface area contributed by atoms with Crippen LogP contribution >= 0.6 is 25.3 Å². The van der Waals surface area contributed by atoms with Gasteiger partial charge < -0.3 is 0 Å². The molecular formula is C20H22S2. The second kappa shape index (κ2) is 4.58. The predicted octanol–water partition coefficient (Wildman–Crippen LogP) is 5.56. The molecule has 2 heteroatoms. The zero-order valence-corrected chi connectivity index (χ0v) is 14.9. The summed E-state index contributed by atoms with van der Waals surface area (Å²) in [7, 11) is 0. The van der Waals surface area contributed by atoms with Gasteiger partial charge in [0.05, 0.1) is 9.49 Å². The molecule has 0 N–H and O–H groups in total. The van der Waals surface area contributed by atoms with Crippen LogP contribution in [-0.2, 0) is 9.49 Å². The summed E-state index contributed by atoms with van der Waals surface area (Å²) in [5, 5.41) is 0.